The van der Waals surface area contributed by atoms with E-state index in [4.69, 9.17) is 11.0 Å². The maximum atomic E-state index is 8.68. The summed E-state index contributed by atoms with van der Waals surface area (Å²) in [7, 11) is 3.68. The number of nitrogens with two attached hydrogens (primary N) is 1. The number of nitrogens with zero attached hydrogens (tertiary/aromatic N) is 6. The summed E-state index contributed by atoms with van der Waals surface area (Å²) in [5.74, 6) is 1.21. The van der Waals surface area contributed by atoms with Gasteiger partial charge in [-0.05, 0) is 13.8 Å². The van der Waals surface area contributed by atoms with Crippen molar-refractivity contribution in [2.24, 2.45) is 0 Å². The van der Waals surface area contributed by atoms with E-state index >= 15 is 0 Å². The van der Waals surface area contributed by atoms with Crippen molar-refractivity contribution in [2.45, 2.75) is 26.3 Å². The summed E-state index contributed by atoms with van der Waals surface area (Å²) in [6.45, 7) is 4.61. The normalized spacial score (nSPS) is 10.2. The molecule has 98 valence electrons. The van der Waals surface area contributed by atoms with E-state index in [0.717, 1.165) is 0 Å². The number of nitriles is 1. The summed E-state index contributed by atoms with van der Waals surface area (Å²) in [4.78, 5) is 16.2. The zero-order valence-corrected chi connectivity index (χ0v) is 11.3. The predicted octanol–water partition coefficient (Wildman–Crippen LogP) is 0.648. The topological polar surface area (TPSA) is 95.0 Å². The molecular formula is C11H19N7. The number of nitrogen functional groups attached to an aromatic ring is 1. The van der Waals surface area contributed by atoms with E-state index in [1.807, 2.05) is 32.8 Å². The van der Waals surface area contributed by atoms with Crippen molar-refractivity contribution in [3.63, 3.8) is 0 Å². The summed E-state index contributed by atoms with van der Waals surface area (Å²) in [5, 5.41) is 8.68. The van der Waals surface area contributed by atoms with Crippen LogP contribution in [0.1, 0.15) is 20.3 Å². The van der Waals surface area contributed by atoms with Crippen LogP contribution in [0.15, 0.2) is 0 Å². The Morgan fingerprint density at radius 1 is 1.22 bits per heavy atom. The Hall–Kier alpha value is -2.10. The molecule has 0 atom stereocenters. The monoisotopic (exact) mass is 249 g/mol. The van der Waals surface area contributed by atoms with E-state index in [9.17, 15) is 0 Å². The Balaban J connectivity index is 3.08. The second-order valence-corrected chi connectivity index (χ2v) is 4.38. The maximum Gasteiger partial charge on any atom is 0.232 e. The van der Waals surface area contributed by atoms with Gasteiger partial charge < -0.3 is 15.5 Å². The lowest BCUT2D eigenvalue weighted by Gasteiger charge is -2.26. The second kappa shape index (κ2) is 6.00. The summed E-state index contributed by atoms with van der Waals surface area (Å²) < 4.78 is 0. The fourth-order valence-corrected chi connectivity index (χ4v) is 1.46. The average molecular weight is 249 g/mol. The van der Waals surface area contributed by atoms with Crippen molar-refractivity contribution in [1.29, 1.82) is 5.26 Å². The van der Waals surface area contributed by atoms with Crippen LogP contribution in [0.25, 0.3) is 0 Å². The lowest BCUT2D eigenvalue weighted by atomic mass is 10.3. The summed E-state index contributed by atoms with van der Waals surface area (Å²) in [6.07, 6.45) is 0.418. The predicted molar refractivity (Wildman–Crippen MR) is 71.3 cm³/mol. The van der Waals surface area contributed by atoms with Crippen LogP contribution in [0.4, 0.5) is 17.8 Å². The molecule has 0 spiro atoms. The van der Waals surface area contributed by atoms with Crippen molar-refractivity contribution < 1.29 is 0 Å². The van der Waals surface area contributed by atoms with Gasteiger partial charge in [0.25, 0.3) is 0 Å². The van der Waals surface area contributed by atoms with Gasteiger partial charge in [-0.3, -0.25) is 0 Å². The Kier molecular flexibility index (Phi) is 4.66. The highest BCUT2D eigenvalue weighted by atomic mass is 15.3. The maximum absolute atomic E-state index is 8.68. The van der Waals surface area contributed by atoms with Gasteiger partial charge >= 0.3 is 0 Å². The molecule has 7 heteroatoms. The molecule has 0 saturated heterocycles. The molecule has 1 aromatic rings. The first-order valence-corrected chi connectivity index (χ1v) is 5.78. The van der Waals surface area contributed by atoms with Gasteiger partial charge in [0.05, 0.1) is 12.5 Å². The van der Waals surface area contributed by atoms with Gasteiger partial charge in [0.15, 0.2) is 0 Å². The third-order valence-electron chi connectivity index (χ3n) is 2.37. The minimum atomic E-state index is 0.186. The molecule has 0 aliphatic rings. The Bertz CT molecular complexity index is 436. The quantitative estimate of drug-likeness (QED) is 0.818. The molecule has 0 bridgehead atoms. The molecule has 0 aromatic carbocycles. The minimum absolute atomic E-state index is 0.186. The Morgan fingerprint density at radius 2 is 1.83 bits per heavy atom. The zero-order valence-electron chi connectivity index (χ0n) is 11.3. The van der Waals surface area contributed by atoms with Crippen molar-refractivity contribution in [2.75, 3.05) is 36.2 Å². The van der Waals surface area contributed by atoms with Crippen LogP contribution < -0.4 is 15.5 Å². The molecule has 7 nitrogen and oxygen atoms in total. The van der Waals surface area contributed by atoms with Gasteiger partial charge in [0.2, 0.25) is 17.8 Å². The highest BCUT2D eigenvalue weighted by Gasteiger charge is 2.16. The van der Waals surface area contributed by atoms with Gasteiger partial charge in [-0.25, -0.2) is 0 Å². The molecule has 2 N–H and O–H groups in total. The first kappa shape index (κ1) is 14.0. The highest BCUT2D eigenvalue weighted by Crippen LogP contribution is 2.16. The van der Waals surface area contributed by atoms with E-state index in [1.165, 1.54) is 0 Å². The molecule has 1 heterocycles. The van der Waals surface area contributed by atoms with Crippen LogP contribution in [0.5, 0.6) is 0 Å². The lowest BCUT2D eigenvalue weighted by molar-refractivity contribution is 0.663. The summed E-state index contributed by atoms with van der Waals surface area (Å²) in [6, 6.07) is 2.31. The van der Waals surface area contributed by atoms with Crippen LogP contribution in [-0.4, -0.2) is 41.6 Å². The van der Waals surface area contributed by atoms with E-state index in [1.54, 1.807) is 4.90 Å². The lowest BCUT2D eigenvalue weighted by Crippen LogP contribution is -2.34. The van der Waals surface area contributed by atoms with Gasteiger partial charge in [-0.1, -0.05) is 0 Å². The summed E-state index contributed by atoms with van der Waals surface area (Å²) >= 11 is 0. The molecule has 0 unspecified atom stereocenters. The fourth-order valence-electron chi connectivity index (χ4n) is 1.46. The van der Waals surface area contributed by atoms with Gasteiger partial charge in [0.1, 0.15) is 0 Å². The molecule has 0 radical (unpaired) electrons. The van der Waals surface area contributed by atoms with Crippen LogP contribution in [-0.2, 0) is 0 Å². The number of aromatic nitrogens is 3. The van der Waals surface area contributed by atoms with E-state index in [-0.39, 0.29) is 12.0 Å². The largest absolute Gasteiger partial charge is 0.368 e. The van der Waals surface area contributed by atoms with Crippen molar-refractivity contribution >= 4 is 17.8 Å². The number of anilines is 3. The van der Waals surface area contributed by atoms with Crippen molar-refractivity contribution in [3.8, 4) is 6.07 Å². The molecule has 0 aliphatic carbocycles. The molecule has 0 saturated carbocycles. The molecule has 18 heavy (non-hydrogen) atoms. The van der Waals surface area contributed by atoms with E-state index in [2.05, 4.69) is 21.0 Å². The third kappa shape index (κ3) is 3.45. The fraction of sp³-hybridized carbons (Fsp3) is 0.636. The van der Waals surface area contributed by atoms with Crippen LogP contribution in [0, 0.1) is 11.3 Å². The number of hydrogen-bond donors (Lipinski definition) is 1. The van der Waals surface area contributed by atoms with Crippen molar-refractivity contribution in [3.05, 3.63) is 0 Å². The van der Waals surface area contributed by atoms with Crippen LogP contribution in [0.2, 0.25) is 0 Å². The molecule has 1 rings (SSSR count). The highest BCUT2D eigenvalue weighted by molar-refractivity contribution is 5.43. The molecule has 0 aliphatic heterocycles. The van der Waals surface area contributed by atoms with E-state index in [0.29, 0.717) is 24.9 Å². The van der Waals surface area contributed by atoms with Gasteiger partial charge in [-0.2, -0.15) is 20.2 Å². The first-order valence-electron chi connectivity index (χ1n) is 5.78. The smallest absolute Gasteiger partial charge is 0.232 e. The number of hydrogen-bond acceptors (Lipinski definition) is 7. The standard InChI is InChI=1S/C11H19N7/c1-8(2)18(7-5-6-12)11-15-9(13)14-10(16-11)17(3)4/h8H,5,7H2,1-4H3,(H2,13,14,15,16). The third-order valence-corrected chi connectivity index (χ3v) is 2.37. The minimum Gasteiger partial charge on any atom is -0.368 e. The van der Waals surface area contributed by atoms with Crippen LogP contribution >= 0.6 is 0 Å². The van der Waals surface area contributed by atoms with Crippen molar-refractivity contribution in [1.82, 2.24) is 15.0 Å². The first-order chi connectivity index (χ1) is 8.45. The van der Waals surface area contributed by atoms with Crippen LogP contribution in [0.3, 0.4) is 0 Å². The second-order valence-electron chi connectivity index (χ2n) is 4.38. The number of rotatable bonds is 5. The van der Waals surface area contributed by atoms with Gasteiger partial charge in [0, 0.05) is 26.7 Å². The Labute approximate surface area is 107 Å². The Morgan fingerprint density at radius 3 is 2.33 bits per heavy atom. The molecule has 0 amide bonds. The molecule has 0 fully saturated rings. The average Bonchev–Trinajstić information content (AvgIpc) is 2.28. The zero-order chi connectivity index (χ0) is 13.7. The van der Waals surface area contributed by atoms with E-state index < -0.39 is 0 Å². The molecular weight excluding hydrogens is 230 g/mol. The molecule has 1 aromatic heterocycles. The summed E-state index contributed by atoms with van der Waals surface area (Å²) in [5.41, 5.74) is 5.68. The van der Waals surface area contributed by atoms with Gasteiger partial charge in [-0.15, -0.1) is 0 Å². The SMILES string of the molecule is CC(C)N(CCC#N)c1nc(N)nc(N(C)C)n1.